The lowest BCUT2D eigenvalue weighted by Crippen LogP contribution is -2.63. The molecule has 0 N–H and O–H groups in total. The summed E-state index contributed by atoms with van der Waals surface area (Å²) in [6, 6.07) is 0. The molecule has 0 amide bonds. The Bertz CT molecular complexity index is 328. The third-order valence-electron chi connectivity index (χ3n) is 4.04. The minimum Gasteiger partial charge on any atom is -0.212 e. The fraction of sp³-hybridized carbons (Fsp3) is 1.00. The van der Waals surface area contributed by atoms with Gasteiger partial charge in [-0.1, -0.05) is 26.2 Å². The maximum atomic E-state index is 11.0. The molecule has 0 radical (unpaired) electrons. The van der Waals surface area contributed by atoms with Crippen LogP contribution in [0.4, 0.5) is 0 Å². The summed E-state index contributed by atoms with van der Waals surface area (Å²) in [7, 11) is 2.01. The van der Waals surface area contributed by atoms with Gasteiger partial charge in [0.25, 0.3) is 0 Å². The first kappa shape index (κ1) is 11.7. The highest BCUT2D eigenvalue weighted by Gasteiger charge is 2.67. The number of rotatable bonds is 6. The van der Waals surface area contributed by atoms with Crippen LogP contribution in [-0.2, 0) is 9.05 Å². The number of hydrogen-bond donors (Lipinski definition) is 0. The molecule has 0 saturated heterocycles. The monoisotopic (exact) mass is 250 g/mol. The summed E-state index contributed by atoms with van der Waals surface area (Å²) in [5, 5.41) is 0. The fourth-order valence-corrected chi connectivity index (χ4v) is 5.50. The smallest absolute Gasteiger partial charge is 0.212 e. The van der Waals surface area contributed by atoms with Crippen molar-refractivity contribution in [2.75, 3.05) is 5.75 Å². The van der Waals surface area contributed by atoms with Crippen molar-refractivity contribution in [2.45, 2.75) is 51.9 Å². The van der Waals surface area contributed by atoms with Gasteiger partial charge in [-0.15, -0.1) is 0 Å². The van der Waals surface area contributed by atoms with Crippen molar-refractivity contribution >= 4 is 19.7 Å². The normalized spacial score (nSPS) is 38.3. The summed E-state index contributed by atoms with van der Waals surface area (Å²) in [5.74, 6) is 0.205. The van der Waals surface area contributed by atoms with E-state index in [0.29, 0.717) is 5.41 Å². The second kappa shape index (κ2) is 3.63. The molecule has 2 nitrogen and oxygen atoms in total. The third-order valence-corrected chi connectivity index (χ3v) is 5.32. The van der Waals surface area contributed by atoms with Crippen molar-refractivity contribution in [1.29, 1.82) is 0 Å². The summed E-state index contributed by atoms with van der Waals surface area (Å²) >= 11 is 0. The molecule has 3 rings (SSSR count). The van der Waals surface area contributed by atoms with E-state index in [9.17, 15) is 8.42 Å². The van der Waals surface area contributed by atoms with Gasteiger partial charge < -0.3 is 0 Å². The molecule has 88 valence electrons. The molecular weight excluding hydrogens is 232 g/mol. The van der Waals surface area contributed by atoms with E-state index in [4.69, 9.17) is 10.7 Å². The van der Waals surface area contributed by atoms with E-state index < -0.39 is 9.05 Å². The van der Waals surface area contributed by atoms with Crippen LogP contribution in [-0.4, -0.2) is 14.2 Å². The van der Waals surface area contributed by atoms with Crippen LogP contribution in [0.15, 0.2) is 0 Å². The Hall–Kier alpha value is 0.240. The maximum absolute atomic E-state index is 11.0. The van der Waals surface area contributed by atoms with Gasteiger partial charge in [0.05, 0.1) is 5.75 Å². The van der Waals surface area contributed by atoms with Crippen LogP contribution in [0.5, 0.6) is 0 Å². The Morgan fingerprint density at radius 3 is 2.20 bits per heavy atom. The Balaban J connectivity index is 1.75. The van der Waals surface area contributed by atoms with Gasteiger partial charge in [0, 0.05) is 10.7 Å². The van der Waals surface area contributed by atoms with Gasteiger partial charge in [-0.05, 0) is 36.5 Å². The van der Waals surface area contributed by atoms with Gasteiger partial charge >= 0.3 is 0 Å². The predicted octanol–water partition coefficient (Wildman–Crippen LogP) is 3.31. The van der Waals surface area contributed by atoms with E-state index in [2.05, 4.69) is 6.92 Å². The Morgan fingerprint density at radius 1 is 1.13 bits per heavy atom. The SMILES string of the molecule is CCCCCC12CC(CS(=O)(=O)Cl)(C1)C2. The molecule has 2 bridgehead atoms. The van der Waals surface area contributed by atoms with E-state index in [-0.39, 0.29) is 11.2 Å². The van der Waals surface area contributed by atoms with Crippen molar-refractivity contribution in [3.05, 3.63) is 0 Å². The molecule has 0 aromatic heterocycles. The van der Waals surface area contributed by atoms with E-state index in [0.717, 1.165) is 19.3 Å². The largest absolute Gasteiger partial charge is 0.233 e. The first-order chi connectivity index (χ1) is 6.89. The summed E-state index contributed by atoms with van der Waals surface area (Å²) < 4.78 is 22.0. The second-order valence-corrected chi connectivity index (χ2v) is 8.45. The van der Waals surface area contributed by atoms with Crippen LogP contribution in [0.1, 0.15) is 51.9 Å². The van der Waals surface area contributed by atoms with Crippen LogP contribution in [0.25, 0.3) is 0 Å². The average Bonchev–Trinajstić information content (AvgIpc) is 1.95. The van der Waals surface area contributed by atoms with Gasteiger partial charge in [0.2, 0.25) is 9.05 Å². The zero-order valence-corrected chi connectivity index (χ0v) is 10.8. The van der Waals surface area contributed by atoms with E-state index >= 15 is 0 Å². The van der Waals surface area contributed by atoms with Crippen molar-refractivity contribution < 1.29 is 8.42 Å². The minimum atomic E-state index is -3.28. The maximum Gasteiger partial charge on any atom is 0.233 e. The second-order valence-electron chi connectivity index (χ2n) is 5.67. The standard InChI is InChI=1S/C11H19ClO2S/c1-2-3-4-5-10-6-11(7-10,8-10)9-15(12,13)14/h2-9H2,1H3. The molecule has 3 saturated carbocycles. The third kappa shape index (κ3) is 2.33. The molecule has 0 aromatic rings. The number of hydrogen-bond acceptors (Lipinski definition) is 2. The van der Waals surface area contributed by atoms with E-state index in [1.807, 2.05) is 0 Å². The van der Waals surface area contributed by atoms with Crippen LogP contribution in [0.3, 0.4) is 0 Å². The summed E-state index contributed by atoms with van der Waals surface area (Å²) in [6.07, 6.45) is 8.49. The molecule has 0 atom stereocenters. The quantitative estimate of drug-likeness (QED) is 0.535. The van der Waals surface area contributed by atoms with Gasteiger partial charge in [-0.2, -0.15) is 0 Å². The highest BCUT2D eigenvalue weighted by Crippen LogP contribution is 2.75. The van der Waals surface area contributed by atoms with Crippen LogP contribution >= 0.6 is 10.7 Å². The van der Waals surface area contributed by atoms with Crippen LogP contribution in [0.2, 0.25) is 0 Å². The van der Waals surface area contributed by atoms with Crippen molar-refractivity contribution in [1.82, 2.24) is 0 Å². The lowest BCUT2D eigenvalue weighted by molar-refractivity contribution is -0.192. The Morgan fingerprint density at radius 2 is 1.73 bits per heavy atom. The first-order valence-corrected chi connectivity index (χ1v) is 8.29. The molecule has 0 heterocycles. The predicted molar refractivity (Wildman–Crippen MR) is 62.5 cm³/mol. The molecule has 3 fully saturated rings. The molecule has 3 aliphatic rings. The Kier molecular flexibility index (Phi) is 2.83. The highest BCUT2D eigenvalue weighted by atomic mass is 35.7. The van der Waals surface area contributed by atoms with E-state index in [1.54, 1.807) is 0 Å². The molecule has 0 aromatic carbocycles. The Labute approximate surface area is 96.8 Å². The number of unbranched alkanes of at least 4 members (excludes halogenated alkanes) is 2. The molecule has 4 heteroatoms. The molecule has 0 aliphatic heterocycles. The van der Waals surface area contributed by atoms with E-state index in [1.165, 1.54) is 25.7 Å². The first-order valence-electron chi connectivity index (χ1n) is 5.81. The fourth-order valence-electron chi connectivity index (χ4n) is 3.77. The lowest BCUT2D eigenvalue weighted by Gasteiger charge is -2.71. The topological polar surface area (TPSA) is 34.1 Å². The molecule has 0 unspecified atom stereocenters. The van der Waals surface area contributed by atoms with Gasteiger partial charge in [0.15, 0.2) is 0 Å². The molecule has 15 heavy (non-hydrogen) atoms. The lowest BCUT2D eigenvalue weighted by atomic mass is 9.35. The van der Waals surface area contributed by atoms with Crippen molar-refractivity contribution in [2.24, 2.45) is 10.8 Å². The highest BCUT2D eigenvalue weighted by molar-refractivity contribution is 8.13. The summed E-state index contributed by atoms with van der Waals surface area (Å²) in [4.78, 5) is 0. The van der Waals surface area contributed by atoms with Crippen LogP contribution < -0.4 is 0 Å². The van der Waals surface area contributed by atoms with Crippen molar-refractivity contribution in [3.8, 4) is 0 Å². The van der Waals surface area contributed by atoms with Gasteiger partial charge in [0.1, 0.15) is 0 Å². The molecular formula is C11H19ClO2S. The molecule has 0 spiro atoms. The number of halogens is 1. The molecule has 3 aliphatic carbocycles. The summed E-state index contributed by atoms with van der Waals surface area (Å²) in [5.41, 5.74) is 0.615. The van der Waals surface area contributed by atoms with Crippen molar-refractivity contribution in [3.63, 3.8) is 0 Å². The summed E-state index contributed by atoms with van der Waals surface area (Å²) in [6.45, 7) is 2.21. The average molecular weight is 251 g/mol. The van der Waals surface area contributed by atoms with Crippen LogP contribution in [0, 0.1) is 10.8 Å². The zero-order chi connectivity index (χ0) is 11.2. The minimum absolute atomic E-state index is 0.0901. The zero-order valence-electron chi connectivity index (χ0n) is 9.26. The van der Waals surface area contributed by atoms with Gasteiger partial charge in [-0.25, -0.2) is 8.42 Å². The van der Waals surface area contributed by atoms with Gasteiger partial charge in [-0.3, -0.25) is 0 Å².